The molecule has 0 spiro atoms. The van der Waals surface area contributed by atoms with E-state index in [4.69, 9.17) is 0 Å². The summed E-state index contributed by atoms with van der Waals surface area (Å²) in [5, 5.41) is 2.43. The molecule has 2 amide bonds. The van der Waals surface area contributed by atoms with Crippen molar-refractivity contribution >= 4 is 15.9 Å². The molecule has 5 nitrogen and oxygen atoms in total. The number of sulfone groups is 1. The number of nitrogens with zero attached hydrogens (tertiary/aromatic N) is 1. The minimum absolute atomic E-state index is 0.140. The van der Waals surface area contributed by atoms with Crippen LogP contribution in [0, 0.1) is 0 Å². The molecule has 0 bridgehead atoms. The van der Waals surface area contributed by atoms with Crippen LogP contribution >= 0.6 is 0 Å². The maximum absolute atomic E-state index is 11.8. The molecule has 1 heterocycles. The van der Waals surface area contributed by atoms with E-state index in [-0.39, 0.29) is 17.0 Å². The van der Waals surface area contributed by atoms with Gasteiger partial charge in [-0.1, -0.05) is 37.3 Å². The summed E-state index contributed by atoms with van der Waals surface area (Å²) in [6.45, 7) is 2.82. The zero-order valence-electron chi connectivity index (χ0n) is 11.6. The first kappa shape index (κ1) is 14.8. The number of amides is 2. The van der Waals surface area contributed by atoms with Gasteiger partial charge in [0.1, 0.15) is 0 Å². The molecule has 1 saturated heterocycles. The summed E-state index contributed by atoms with van der Waals surface area (Å²) in [5.74, 6) is 0.140. The third-order valence-corrected chi connectivity index (χ3v) is 5.70. The van der Waals surface area contributed by atoms with Gasteiger partial charge in [0.2, 0.25) is 0 Å². The predicted octanol–water partition coefficient (Wildman–Crippen LogP) is 1.06. The Labute approximate surface area is 119 Å². The van der Waals surface area contributed by atoms with Gasteiger partial charge in [0.15, 0.2) is 9.84 Å². The first-order valence-electron chi connectivity index (χ1n) is 6.81. The van der Waals surface area contributed by atoms with Gasteiger partial charge in [-0.05, 0) is 12.0 Å². The Morgan fingerprint density at radius 3 is 2.55 bits per heavy atom. The SMILES string of the molecule is CCS(=O)(=O)C1CN(C(=O)NCCc2ccccc2)C1. The fourth-order valence-corrected chi connectivity index (χ4v) is 3.42. The van der Waals surface area contributed by atoms with E-state index in [1.165, 1.54) is 5.56 Å². The Balaban J connectivity index is 1.70. The predicted molar refractivity (Wildman–Crippen MR) is 78.4 cm³/mol. The third kappa shape index (κ3) is 3.50. The van der Waals surface area contributed by atoms with Crippen LogP contribution in [0.5, 0.6) is 0 Å². The average Bonchev–Trinajstić information content (AvgIpc) is 2.38. The zero-order chi connectivity index (χ0) is 14.6. The maximum atomic E-state index is 11.8. The normalized spacial score (nSPS) is 15.8. The van der Waals surface area contributed by atoms with Crippen molar-refractivity contribution in [3.8, 4) is 0 Å². The molecule has 1 aromatic carbocycles. The van der Waals surface area contributed by atoms with Crippen molar-refractivity contribution in [3.63, 3.8) is 0 Å². The Kier molecular flexibility index (Phi) is 4.65. The maximum Gasteiger partial charge on any atom is 0.317 e. The van der Waals surface area contributed by atoms with Crippen molar-refractivity contribution in [1.82, 2.24) is 10.2 Å². The Morgan fingerprint density at radius 2 is 1.95 bits per heavy atom. The largest absolute Gasteiger partial charge is 0.338 e. The monoisotopic (exact) mass is 296 g/mol. The van der Waals surface area contributed by atoms with Crippen LogP contribution in [0.2, 0.25) is 0 Å². The number of benzene rings is 1. The summed E-state index contributed by atoms with van der Waals surface area (Å²) in [4.78, 5) is 13.3. The summed E-state index contributed by atoms with van der Waals surface area (Å²) >= 11 is 0. The van der Waals surface area contributed by atoms with E-state index >= 15 is 0 Å². The van der Waals surface area contributed by atoms with Gasteiger partial charge in [0, 0.05) is 25.4 Å². The first-order valence-corrected chi connectivity index (χ1v) is 8.52. The van der Waals surface area contributed by atoms with E-state index in [9.17, 15) is 13.2 Å². The van der Waals surface area contributed by atoms with Crippen molar-refractivity contribution in [1.29, 1.82) is 0 Å². The van der Waals surface area contributed by atoms with Crippen LogP contribution in [0.4, 0.5) is 4.79 Å². The molecule has 0 aliphatic carbocycles. The molecule has 2 rings (SSSR count). The van der Waals surface area contributed by atoms with E-state index in [2.05, 4.69) is 5.32 Å². The highest BCUT2D eigenvalue weighted by molar-refractivity contribution is 7.92. The van der Waals surface area contributed by atoms with Gasteiger partial charge in [0.05, 0.1) is 5.25 Å². The molecule has 0 radical (unpaired) electrons. The number of carbonyl (C=O) groups is 1. The van der Waals surface area contributed by atoms with Gasteiger partial charge in [0.25, 0.3) is 0 Å². The Hall–Kier alpha value is -1.56. The summed E-state index contributed by atoms with van der Waals surface area (Å²) < 4.78 is 23.2. The van der Waals surface area contributed by atoms with Gasteiger partial charge in [-0.2, -0.15) is 0 Å². The van der Waals surface area contributed by atoms with Crippen molar-refractivity contribution in [3.05, 3.63) is 35.9 Å². The summed E-state index contributed by atoms with van der Waals surface area (Å²) in [6.07, 6.45) is 0.775. The summed E-state index contributed by atoms with van der Waals surface area (Å²) in [6, 6.07) is 9.73. The lowest BCUT2D eigenvalue weighted by molar-refractivity contribution is 0.169. The van der Waals surface area contributed by atoms with Gasteiger partial charge < -0.3 is 10.2 Å². The molecular weight excluding hydrogens is 276 g/mol. The number of hydrogen-bond donors (Lipinski definition) is 1. The molecule has 1 aliphatic heterocycles. The first-order chi connectivity index (χ1) is 9.53. The fraction of sp³-hybridized carbons (Fsp3) is 0.500. The lowest BCUT2D eigenvalue weighted by Gasteiger charge is -2.38. The van der Waals surface area contributed by atoms with E-state index in [1.807, 2.05) is 30.3 Å². The highest BCUT2D eigenvalue weighted by Gasteiger charge is 2.38. The van der Waals surface area contributed by atoms with Crippen molar-refractivity contribution in [2.75, 3.05) is 25.4 Å². The van der Waals surface area contributed by atoms with Crippen molar-refractivity contribution in [2.45, 2.75) is 18.6 Å². The standard InChI is InChI=1S/C14H20N2O3S/c1-2-20(18,19)13-10-16(11-13)14(17)15-9-8-12-6-4-3-5-7-12/h3-7,13H,2,8-11H2,1H3,(H,15,17). The molecule has 0 atom stereocenters. The van der Waals surface area contributed by atoms with Gasteiger partial charge in [-0.25, -0.2) is 13.2 Å². The highest BCUT2D eigenvalue weighted by Crippen LogP contribution is 2.16. The lowest BCUT2D eigenvalue weighted by atomic mass is 10.1. The second-order valence-electron chi connectivity index (χ2n) is 4.95. The molecule has 0 unspecified atom stereocenters. The Bertz CT molecular complexity index is 551. The molecule has 1 aliphatic rings. The number of hydrogen-bond acceptors (Lipinski definition) is 3. The summed E-state index contributed by atoms with van der Waals surface area (Å²) in [7, 11) is -3.01. The molecule has 0 aromatic heterocycles. The van der Waals surface area contributed by atoms with Gasteiger partial charge in [-0.3, -0.25) is 0 Å². The molecule has 1 aromatic rings. The molecular formula is C14H20N2O3S. The average molecular weight is 296 g/mol. The van der Waals surface area contributed by atoms with Crippen LogP contribution in [0.25, 0.3) is 0 Å². The van der Waals surface area contributed by atoms with Crippen LogP contribution < -0.4 is 5.32 Å². The molecule has 1 N–H and O–H groups in total. The molecule has 1 fully saturated rings. The fourth-order valence-electron chi connectivity index (χ4n) is 2.14. The van der Waals surface area contributed by atoms with Gasteiger partial charge >= 0.3 is 6.03 Å². The third-order valence-electron chi connectivity index (χ3n) is 3.58. The second-order valence-corrected chi connectivity index (χ2v) is 7.52. The molecule has 20 heavy (non-hydrogen) atoms. The lowest BCUT2D eigenvalue weighted by Crippen LogP contribution is -2.59. The van der Waals surface area contributed by atoms with Crippen LogP contribution in [0.15, 0.2) is 30.3 Å². The van der Waals surface area contributed by atoms with Crippen LogP contribution in [-0.4, -0.2) is 50.0 Å². The number of urea groups is 1. The van der Waals surface area contributed by atoms with Gasteiger partial charge in [-0.15, -0.1) is 0 Å². The van der Waals surface area contributed by atoms with Crippen LogP contribution in [0.1, 0.15) is 12.5 Å². The number of likely N-dealkylation sites (tertiary alicyclic amines) is 1. The highest BCUT2D eigenvalue weighted by atomic mass is 32.2. The molecule has 0 saturated carbocycles. The van der Waals surface area contributed by atoms with E-state index in [1.54, 1.807) is 11.8 Å². The minimum Gasteiger partial charge on any atom is -0.338 e. The van der Waals surface area contributed by atoms with E-state index < -0.39 is 9.84 Å². The van der Waals surface area contributed by atoms with E-state index in [0.717, 1.165) is 6.42 Å². The van der Waals surface area contributed by atoms with Crippen molar-refractivity contribution in [2.24, 2.45) is 0 Å². The van der Waals surface area contributed by atoms with E-state index in [0.29, 0.717) is 19.6 Å². The minimum atomic E-state index is -3.01. The van der Waals surface area contributed by atoms with Crippen molar-refractivity contribution < 1.29 is 13.2 Å². The number of nitrogens with one attached hydrogen (secondary N) is 1. The van der Waals surface area contributed by atoms with Crippen LogP contribution in [-0.2, 0) is 16.3 Å². The van der Waals surface area contributed by atoms with Crippen LogP contribution in [0.3, 0.4) is 0 Å². The zero-order valence-corrected chi connectivity index (χ0v) is 12.4. The second kappa shape index (κ2) is 6.26. The quantitative estimate of drug-likeness (QED) is 0.883. The Morgan fingerprint density at radius 1 is 1.30 bits per heavy atom. The molecule has 110 valence electrons. The number of carbonyl (C=O) groups excluding carboxylic acids is 1. The molecule has 6 heteroatoms. The summed E-state index contributed by atoms with van der Waals surface area (Å²) in [5.41, 5.74) is 1.17. The number of rotatable bonds is 5. The smallest absolute Gasteiger partial charge is 0.317 e. The topological polar surface area (TPSA) is 66.5 Å².